The zero-order valence-corrected chi connectivity index (χ0v) is 16.7. The summed E-state index contributed by atoms with van der Waals surface area (Å²) >= 11 is 0. The van der Waals surface area contributed by atoms with Crippen LogP contribution in [0.4, 0.5) is 0 Å². The van der Waals surface area contributed by atoms with Crippen molar-refractivity contribution in [2.45, 2.75) is 30.6 Å². The number of ether oxygens (including phenoxy) is 1. The van der Waals surface area contributed by atoms with Crippen molar-refractivity contribution in [1.29, 1.82) is 0 Å². The SMILES string of the molecule is COc1cc(O)c(C(=NCCCCCCN)c2ccccc2)cc1S(=O)(=O)O. The van der Waals surface area contributed by atoms with Crippen LogP contribution in [0, 0.1) is 0 Å². The van der Waals surface area contributed by atoms with Crippen molar-refractivity contribution in [3.8, 4) is 11.5 Å². The first-order valence-corrected chi connectivity index (χ1v) is 10.5. The Morgan fingerprint density at radius 3 is 2.39 bits per heavy atom. The van der Waals surface area contributed by atoms with Crippen molar-refractivity contribution in [3.63, 3.8) is 0 Å². The van der Waals surface area contributed by atoms with Crippen LogP contribution >= 0.6 is 0 Å². The summed E-state index contributed by atoms with van der Waals surface area (Å²) in [5.74, 6) is -0.326. The van der Waals surface area contributed by atoms with E-state index in [1.165, 1.54) is 13.2 Å². The summed E-state index contributed by atoms with van der Waals surface area (Å²) in [6, 6.07) is 11.5. The van der Waals surface area contributed by atoms with Crippen LogP contribution in [0.5, 0.6) is 11.5 Å². The van der Waals surface area contributed by atoms with E-state index in [0.29, 0.717) is 18.8 Å². The topological polar surface area (TPSA) is 122 Å². The van der Waals surface area contributed by atoms with Gasteiger partial charge in [-0.2, -0.15) is 8.42 Å². The largest absolute Gasteiger partial charge is 0.507 e. The standard InChI is InChI=1S/C20H26N2O5S/c1-27-18-14-17(23)16(13-19(18)28(24,25)26)20(15-9-5-4-6-10-15)22-12-8-3-2-7-11-21/h4-6,9-10,13-14,23H,2-3,7-8,11-12,21H2,1H3,(H,24,25,26). The van der Waals surface area contributed by atoms with E-state index in [-0.39, 0.29) is 17.1 Å². The fourth-order valence-corrected chi connectivity index (χ4v) is 3.49. The van der Waals surface area contributed by atoms with Crippen molar-refractivity contribution >= 4 is 15.8 Å². The number of rotatable bonds is 10. The van der Waals surface area contributed by atoms with Gasteiger partial charge >= 0.3 is 0 Å². The van der Waals surface area contributed by atoms with Crippen LogP contribution in [0.25, 0.3) is 0 Å². The highest BCUT2D eigenvalue weighted by Crippen LogP contribution is 2.33. The number of aliphatic imine (C=N–C) groups is 1. The Bertz CT molecular complexity index is 912. The van der Waals surface area contributed by atoms with Crippen molar-refractivity contribution in [1.82, 2.24) is 0 Å². The number of phenols is 1. The predicted octanol–water partition coefficient (Wildman–Crippen LogP) is 3.00. The average molecular weight is 407 g/mol. The van der Waals surface area contributed by atoms with Crippen LogP contribution in [0.2, 0.25) is 0 Å². The van der Waals surface area contributed by atoms with Gasteiger partial charge in [-0.3, -0.25) is 9.55 Å². The molecule has 0 fully saturated rings. The third kappa shape index (κ3) is 5.79. The number of hydrogen-bond donors (Lipinski definition) is 3. The Labute approximate surface area is 165 Å². The van der Waals surface area contributed by atoms with Gasteiger partial charge in [0, 0.05) is 23.7 Å². The van der Waals surface area contributed by atoms with Gasteiger partial charge in [0.25, 0.3) is 10.1 Å². The highest BCUT2D eigenvalue weighted by Gasteiger charge is 2.22. The van der Waals surface area contributed by atoms with E-state index in [2.05, 4.69) is 4.99 Å². The molecule has 8 heteroatoms. The third-order valence-electron chi connectivity index (χ3n) is 4.24. The van der Waals surface area contributed by atoms with Gasteiger partial charge in [0.05, 0.1) is 12.8 Å². The molecule has 0 aliphatic rings. The quantitative estimate of drug-likeness (QED) is 0.317. The molecule has 2 aromatic carbocycles. The number of aromatic hydroxyl groups is 1. The Balaban J connectivity index is 2.46. The first kappa shape index (κ1) is 21.9. The minimum atomic E-state index is -4.54. The van der Waals surface area contributed by atoms with Crippen LogP contribution in [-0.4, -0.2) is 44.0 Å². The summed E-state index contributed by atoms with van der Waals surface area (Å²) in [7, 11) is -3.28. The fraction of sp³-hybridized carbons (Fsp3) is 0.350. The van der Waals surface area contributed by atoms with Crippen LogP contribution in [0.3, 0.4) is 0 Å². The van der Waals surface area contributed by atoms with E-state index < -0.39 is 15.0 Å². The molecule has 0 aliphatic heterocycles. The van der Waals surface area contributed by atoms with E-state index in [0.717, 1.165) is 37.3 Å². The highest BCUT2D eigenvalue weighted by atomic mass is 32.2. The number of benzene rings is 2. The van der Waals surface area contributed by atoms with Crippen molar-refractivity contribution < 1.29 is 22.8 Å². The van der Waals surface area contributed by atoms with Gasteiger partial charge in [-0.25, -0.2) is 0 Å². The molecule has 0 unspecified atom stereocenters. The lowest BCUT2D eigenvalue weighted by molar-refractivity contribution is 0.391. The number of phenolic OH excluding ortho intramolecular Hbond substituents is 1. The molecule has 0 heterocycles. The van der Waals surface area contributed by atoms with E-state index in [1.54, 1.807) is 0 Å². The number of unbranched alkanes of at least 4 members (excludes halogenated alkanes) is 3. The molecule has 0 aliphatic carbocycles. The molecule has 2 rings (SSSR count). The second-order valence-corrected chi connectivity index (χ2v) is 7.68. The van der Waals surface area contributed by atoms with Crippen LogP contribution in [0.15, 0.2) is 52.4 Å². The first-order valence-electron chi connectivity index (χ1n) is 9.07. The van der Waals surface area contributed by atoms with E-state index in [1.807, 2.05) is 30.3 Å². The van der Waals surface area contributed by atoms with Crippen LogP contribution in [-0.2, 0) is 10.1 Å². The summed E-state index contributed by atoms with van der Waals surface area (Å²) in [5.41, 5.74) is 6.88. The van der Waals surface area contributed by atoms with Gasteiger partial charge < -0.3 is 15.6 Å². The minimum absolute atomic E-state index is 0.141. The molecule has 0 saturated heterocycles. The molecule has 7 nitrogen and oxygen atoms in total. The third-order valence-corrected chi connectivity index (χ3v) is 5.12. The summed E-state index contributed by atoms with van der Waals surface area (Å²) in [4.78, 5) is 4.19. The monoisotopic (exact) mass is 406 g/mol. The number of nitrogens with two attached hydrogens (primary N) is 1. The van der Waals surface area contributed by atoms with Crippen molar-refractivity contribution in [2.24, 2.45) is 10.7 Å². The van der Waals surface area contributed by atoms with E-state index in [9.17, 15) is 18.1 Å². The predicted molar refractivity (Wildman–Crippen MR) is 109 cm³/mol. The molecule has 0 atom stereocenters. The Morgan fingerprint density at radius 1 is 1.11 bits per heavy atom. The normalized spacial score (nSPS) is 12.2. The zero-order valence-electron chi connectivity index (χ0n) is 15.8. The van der Waals surface area contributed by atoms with Crippen LogP contribution in [0.1, 0.15) is 36.8 Å². The highest BCUT2D eigenvalue weighted by molar-refractivity contribution is 7.86. The summed E-state index contributed by atoms with van der Waals surface area (Å²) in [6.45, 7) is 1.18. The maximum atomic E-state index is 11.7. The number of nitrogens with zero attached hydrogens (tertiary/aromatic N) is 1. The second-order valence-electron chi connectivity index (χ2n) is 6.29. The Morgan fingerprint density at radius 2 is 1.79 bits per heavy atom. The Hall–Kier alpha value is -2.42. The molecule has 0 bridgehead atoms. The van der Waals surface area contributed by atoms with Gasteiger partial charge in [0.15, 0.2) is 0 Å². The average Bonchev–Trinajstić information content (AvgIpc) is 2.67. The summed E-state index contributed by atoms with van der Waals surface area (Å²) in [5, 5.41) is 10.5. The summed E-state index contributed by atoms with van der Waals surface area (Å²) < 4.78 is 38.0. The molecular formula is C20H26N2O5S. The number of methoxy groups -OCH3 is 1. The maximum absolute atomic E-state index is 11.7. The molecule has 0 spiro atoms. The lowest BCUT2D eigenvalue weighted by Gasteiger charge is -2.13. The zero-order chi connectivity index (χ0) is 20.6. The molecule has 0 amide bonds. The molecular weight excluding hydrogens is 380 g/mol. The lowest BCUT2D eigenvalue weighted by atomic mass is 10.0. The molecule has 0 saturated carbocycles. The second kappa shape index (κ2) is 10.2. The molecule has 4 N–H and O–H groups in total. The Kier molecular flexibility index (Phi) is 7.98. The molecule has 0 radical (unpaired) electrons. The van der Waals surface area contributed by atoms with Crippen LogP contribution < -0.4 is 10.5 Å². The smallest absolute Gasteiger partial charge is 0.298 e. The maximum Gasteiger partial charge on any atom is 0.298 e. The van der Waals surface area contributed by atoms with E-state index in [4.69, 9.17) is 10.5 Å². The molecule has 28 heavy (non-hydrogen) atoms. The summed E-state index contributed by atoms with van der Waals surface area (Å²) in [6.07, 6.45) is 3.81. The first-order chi connectivity index (χ1) is 13.4. The molecule has 0 aromatic heterocycles. The molecule has 2 aromatic rings. The fourth-order valence-electron chi connectivity index (χ4n) is 2.83. The van der Waals surface area contributed by atoms with Gasteiger partial charge in [0.1, 0.15) is 16.4 Å². The minimum Gasteiger partial charge on any atom is -0.507 e. The van der Waals surface area contributed by atoms with Gasteiger partial charge in [0.2, 0.25) is 0 Å². The van der Waals surface area contributed by atoms with Gasteiger partial charge in [-0.05, 0) is 25.5 Å². The lowest BCUT2D eigenvalue weighted by Crippen LogP contribution is -2.09. The van der Waals surface area contributed by atoms with Crippen molar-refractivity contribution in [3.05, 3.63) is 53.6 Å². The van der Waals surface area contributed by atoms with Crippen molar-refractivity contribution in [2.75, 3.05) is 20.2 Å². The van der Waals surface area contributed by atoms with Gasteiger partial charge in [-0.1, -0.05) is 43.2 Å². The van der Waals surface area contributed by atoms with E-state index >= 15 is 0 Å². The van der Waals surface area contributed by atoms with Gasteiger partial charge in [-0.15, -0.1) is 0 Å². The molecule has 152 valence electrons. The number of hydrogen-bond acceptors (Lipinski definition) is 6.